The van der Waals surface area contributed by atoms with Gasteiger partial charge in [0.1, 0.15) is 11.6 Å². The predicted octanol–water partition coefficient (Wildman–Crippen LogP) is 0.531. The van der Waals surface area contributed by atoms with Crippen LogP contribution in [0.25, 0.3) is 0 Å². The number of rotatable bonds is 3. The Morgan fingerprint density at radius 3 is 2.67 bits per heavy atom. The second-order valence-corrected chi connectivity index (χ2v) is 3.47. The molecule has 1 N–H and O–H groups in total. The van der Waals surface area contributed by atoms with Crippen molar-refractivity contribution in [3.63, 3.8) is 0 Å². The van der Waals surface area contributed by atoms with Crippen LogP contribution in [0.3, 0.4) is 0 Å². The Hall–Kier alpha value is -1.34. The van der Waals surface area contributed by atoms with Crippen LogP contribution in [-0.4, -0.2) is 20.5 Å². The lowest BCUT2D eigenvalue weighted by Gasteiger charge is -2.07. The minimum Gasteiger partial charge on any atom is -0.771 e. The Kier molecular flexibility index (Phi) is 3.87. The first-order valence-corrected chi connectivity index (χ1v) is 5.04. The number of hydrogen-bond acceptors (Lipinski definition) is 3. The van der Waals surface area contributed by atoms with E-state index < -0.39 is 40.1 Å². The molecule has 0 aliphatic rings. The van der Waals surface area contributed by atoms with Crippen molar-refractivity contribution < 1.29 is 22.3 Å². The Labute approximate surface area is 86.6 Å². The third-order valence-electron chi connectivity index (χ3n) is 1.53. The van der Waals surface area contributed by atoms with Crippen LogP contribution in [0.5, 0.6) is 0 Å². The van der Waals surface area contributed by atoms with Gasteiger partial charge in [-0.3, -0.25) is 9.00 Å². The summed E-state index contributed by atoms with van der Waals surface area (Å²) in [5.41, 5.74) is -0.401. The average Bonchev–Trinajstić information content (AvgIpc) is 2.14. The fraction of sp³-hybridized carbons (Fsp3) is 0.125. The average molecular weight is 234 g/mol. The highest BCUT2D eigenvalue weighted by Gasteiger charge is 2.11. The molecule has 82 valence electrons. The van der Waals surface area contributed by atoms with E-state index in [-0.39, 0.29) is 0 Å². The molecule has 15 heavy (non-hydrogen) atoms. The van der Waals surface area contributed by atoms with Crippen molar-refractivity contribution >= 4 is 17.0 Å². The van der Waals surface area contributed by atoms with E-state index in [0.29, 0.717) is 6.07 Å². The van der Waals surface area contributed by atoms with Crippen molar-refractivity contribution in [2.24, 2.45) is 0 Å². The number of halogens is 2. The maximum Gasteiger partial charge on any atom is 0.254 e. The van der Waals surface area contributed by atoms with E-state index in [1.54, 1.807) is 0 Å². The van der Waals surface area contributed by atoms with E-state index in [1.165, 1.54) is 0 Å². The van der Waals surface area contributed by atoms with Gasteiger partial charge in [0.15, 0.2) is 0 Å². The number of carbonyl (C=O) groups is 1. The van der Waals surface area contributed by atoms with Gasteiger partial charge in [-0.2, -0.15) is 0 Å². The van der Waals surface area contributed by atoms with Gasteiger partial charge in [0.2, 0.25) is 0 Å². The number of nitrogens with one attached hydrogen (secondary N) is 1. The zero-order valence-electron chi connectivity index (χ0n) is 7.33. The smallest absolute Gasteiger partial charge is 0.254 e. The van der Waals surface area contributed by atoms with Crippen molar-refractivity contribution in [2.75, 3.05) is 5.88 Å². The highest BCUT2D eigenvalue weighted by Crippen LogP contribution is 2.08. The largest absolute Gasteiger partial charge is 0.771 e. The van der Waals surface area contributed by atoms with Gasteiger partial charge < -0.3 is 9.87 Å². The molecule has 1 amide bonds. The Morgan fingerprint density at radius 1 is 1.47 bits per heavy atom. The van der Waals surface area contributed by atoms with Gasteiger partial charge in [0, 0.05) is 6.07 Å². The number of benzene rings is 1. The first kappa shape index (κ1) is 11.7. The molecule has 0 radical (unpaired) electrons. The van der Waals surface area contributed by atoms with Gasteiger partial charge in [-0.25, -0.2) is 8.78 Å². The summed E-state index contributed by atoms with van der Waals surface area (Å²) in [5.74, 6) is -3.37. The summed E-state index contributed by atoms with van der Waals surface area (Å²) in [6, 6.07) is 2.39. The summed E-state index contributed by atoms with van der Waals surface area (Å²) in [5, 5.41) is 1.94. The lowest BCUT2D eigenvalue weighted by molar-refractivity contribution is 0.0955. The van der Waals surface area contributed by atoms with Crippen LogP contribution in [0, 0.1) is 11.6 Å². The van der Waals surface area contributed by atoms with Crippen LogP contribution < -0.4 is 5.32 Å². The first-order valence-electron chi connectivity index (χ1n) is 3.80. The van der Waals surface area contributed by atoms with E-state index in [0.717, 1.165) is 12.1 Å². The molecule has 0 aromatic heterocycles. The molecule has 0 heterocycles. The van der Waals surface area contributed by atoms with Crippen LogP contribution in [0.2, 0.25) is 0 Å². The maximum atomic E-state index is 13.0. The molecule has 1 aromatic carbocycles. The van der Waals surface area contributed by atoms with Crippen LogP contribution in [0.1, 0.15) is 10.4 Å². The van der Waals surface area contributed by atoms with Gasteiger partial charge >= 0.3 is 0 Å². The van der Waals surface area contributed by atoms with Gasteiger partial charge in [-0.15, -0.1) is 0 Å². The topological polar surface area (TPSA) is 69.2 Å². The zero-order valence-corrected chi connectivity index (χ0v) is 8.14. The quantitative estimate of drug-likeness (QED) is 0.775. The molecule has 0 aliphatic carbocycles. The summed E-state index contributed by atoms with van der Waals surface area (Å²) in [4.78, 5) is 11.1. The summed E-state index contributed by atoms with van der Waals surface area (Å²) in [6.45, 7) is 0. The van der Waals surface area contributed by atoms with Crippen molar-refractivity contribution in [3.05, 3.63) is 35.4 Å². The predicted molar refractivity (Wildman–Crippen MR) is 47.6 cm³/mol. The summed E-state index contributed by atoms with van der Waals surface area (Å²) >= 11 is -2.45. The molecule has 1 aromatic rings. The Morgan fingerprint density at radius 2 is 2.13 bits per heavy atom. The van der Waals surface area contributed by atoms with E-state index in [1.807, 2.05) is 5.32 Å². The number of carbonyl (C=O) groups excluding carboxylic acids is 1. The van der Waals surface area contributed by atoms with E-state index in [9.17, 15) is 22.3 Å². The fourth-order valence-corrected chi connectivity index (χ4v) is 1.14. The summed E-state index contributed by atoms with van der Waals surface area (Å²) in [7, 11) is 0. The van der Waals surface area contributed by atoms with Crippen LogP contribution in [0.15, 0.2) is 18.2 Å². The molecule has 0 spiro atoms. The van der Waals surface area contributed by atoms with Gasteiger partial charge in [0.05, 0.1) is 11.4 Å². The molecular formula is C8H6F2NO3S-. The van der Waals surface area contributed by atoms with E-state index in [4.69, 9.17) is 0 Å². The highest BCUT2D eigenvalue weighted by molar-refractivity contribution is 7.79. The zero-order chi connectivity index (χ0) is 11.4. The fourth-order valence-electron chi connectivity index (χ4n) is 0.893. The lowest BCUT2D eigenvalue weighted by Crippen LogP contribution is -2.27. The third-order valence-corrected chi connectivity index (χ3v) is 1.91. The molecule has 0 saturated carbocycles. The molecule has 0 aliphatic heterocycles. The van der Waals surface area contributed by atoms with Crippen LogP contribution >= 0.6 is 0 Å². The normalized spacial score (nSPS) is 12.2. The first-order chi connectivity index (χ1) is 7.00. The molecule has 1 unspecified atom stereocenters. The molecule has 0 fully saturated rings. The number of amides is 1. The molecule has 7 heteroatoms. The molecule has 0 saturated heterocycles. The minimum atomic E-state index is -2.45. The standard InChI is InChI=1S/C8H7F2NO3S/c9-5-1-2-6(7(10)3-5)8(12)11-4-15(13)14/h1-3H,4H2,(H,11,12)(H,13,14)/p-1. The number of hydrogen-bond donors (Lipinski definition) is 1. The third kappa shape index (κ3) is 3.37. The van der Waals surface area contributed by atoms with Gasteiger partial charge in [0.25, 0.3) is 5.91 Å². The van der Waals surface area contributed by atoms with E-state index >= 15 is 0 Å². The van der Waals surface area contributed by atoms with Crippen molar-refractivity contribution in [3.8, 4) is 0 Å². The molecule has 4 nitrogen and oxygen atoms in total. The maximum absolute atomic E-state index is 13.0. The monoisotopic (exact) mass is 234 g/mol. The Bertz CT molecular complexity index is 411. The van der Waals surface area contributed by atoms with E-state index in [2.05, 4.69) is 0 Å². The van der Waals surface area contributed by atoms with Gasteiger partial charge in [-0.05, 0) is 23.2 Å². The molecule has 1 atom stereocenters. The summed E-state index contributed by atoms with van der Waals surface area (Å²) in [6.07, 6.45) is 0. The summed E-state index contributed by atoms with van der Waals surface area (Å²) < 4.78 is 45.6. The Balaban J connectivity index is 2.78. The second kappa shape index (κ2) is 4.94. The minimum absolute atomic E-state index is 0.401. The second-order valence-electron chi connectivity index (χ2n) is 2.58. The van der Waals surface area contributed by atoms with Crippen LogP contribution in [0.4, 0.5) is 8.78 Å². The van der Waals surface area contributed by atoms with Crippen molar-refractivity contribution in [2.45, 2.75) is 0 Å². The lowest BCUT2D eigenvalue weighted by atomic mass is 10.2. The van der Waals surface area contributed by atoms with Crippen molar-refractivity contribution in [1.82, 2.24) is 5.32 Å². The SMILES string of the molecule is O=C(NCS(=O)[O-])c1ccc(F)cc1F. The molecular weight excluding hydrogens is 228 g/mol. The van der Waals surface area contributed by atoms with Gasteiger partial charge in [-0.1, -0.05) is 0 Å². The van der Waals surface area contributed by atoms with Crippen LogP contribution in [-0.2, 0) is 11.1 Å². The molecule has 1 rings (SSSR count). The highest BCUT2D eigenvalue weighted by atomic mass is 32.2. The molecule has 0 bridgehead atoms. The van der Waals surface area contributed by atoms with Crippen molar-refractivity contribution in [1.29, 1.82) is 0 Å².